The molecule has 0 saturated carbocycles. The molecule has 1 heterocycles. The molecule has 1 aliphatic heterocycles. The highest BCUT2D eigenvalue weighted by Gasteiger charge is 2.44. The quantitative estimate of drug-likeness (QED) is 0.657. The molecule has 0 aromatic heterocycles. The van der Waals surface area contributed by atoms with Gasteiger partial charge in [-0.15, -0.1) is 0 Å². The van der Waals surface area contributed by atoms with Crippen molar-refractivity contribution in [3.8, 4) is 0 Å². The van der Waals surface area contributed by atoms with E-state index in [9.17, 15) is 14.0 Å². The van der Waals surface area contributed by atoms with Crippen molar-refractivity contribution in [2.24, 2.45) is 5.41 Å². The molecular weight excluding hydrogens is 377 g/mol. The van der Waals surface area contributed by atoms with Crippen molar-refractivity contribution in [3.63, 3.8) is 0 Å². The summed E-state index contributed by atoms with van der Waals surface area (Å²) in [6, 6.07) is 13.2. The maximum atomic E-state index is 13.4. The van der Waals surface area contributed by atoms with Crippen molar-refractivity contribution in [3.05, 3.63) is 76.2 Å². The lowest BCUT2D eigenvalue weighted by Gasteiger charge is -2.43. The number of carbonyl (C=O) groups excluding carboxylic acids is 2. The van der Waals surface area contributed by atoms with E-state index in [1.165, 1.54) is 12.1 Å². The predicted octanol–water partition coefficient (Wildman–Crippen LogP) is 5.64. The highest BCUT2D eigenvalue weighted by Crippen LogP contribution is 2.48. The van der Waals surface area contributed by atoms with Gasteiger partial charge in [0.15, 0.2) is 5.78 Å². The first-order valence-electron chi connectivity index (χ1n) is 9.35. The summed E-state index contributed by atoms with van der Waals surface area (Å²) >= 11 is 6.01. The van der Waals surface area contributed by atoms with Gasteiger partial charge in [0.05, 0.1) is 0 Å². The molecule has 28 heavy (non-hydrogen) atoms. The Morgan fingerprint density at radius 3 is 2.29 bits per heavy atom. The highest BCUT2D eigenvalue weighted by atomic mass is 35.5. The van der Waals surface area contributed by atoms with Crippen LogP contribution in [0.5, 0.6) is 0 Å². The van der Waals surface area contributed by atoms with E-state index in [1.807, 2.05) is 13.8 Å². The van der Waals surface area contributed by atoms with Crippen molar-refractivity contribution >= 4 is 29.0 Å². The maximum Gasteiger partial charge on any atom is 0.232 e. The number of amides is 1. The summed E-state index contributed by atoms with van der Waals surface area (Å²) in [6.07, 6.45) is 1.24. The maximum absolute atomic E-state index is 13.4. The van der Waals surface area contributed by atoms with E-state index < -0.39 is 0 Å². The van der Waals surface area contributed by atoms with Crippen molar-refractivity contribution in [2.45, 2.75) is 39.0 Å². The molecule has 4 rings (SSSR count). The van der Waals surface area contributed by atoms with Gasteiger partial charge in [0.25, 0.3) is 0 Å². The van der Waals surface area contributed by atoms with E-state index in [2.05, 4.69) is 0 Å². The zero-order chi connectivity index (χ0) is 20.1. The molecule has 2 aromatic carbocycles. The van der Waals surface area contributed by atoms with Crippen molar-refractivity contribution < 1.29 is 14.0 Å². The lowest BCUT2D eigenvalue weighted by atomic mass is 9.69. The third-order valence-electron chi connectivity index (χ3n) is 5.50. The number of benzene rings is 2. The number of anilines is 1. The summed E-state index contributed by atoms with van der Waals surface area (Å²) in [6.45, 7) is 4.08. The molecule has 1 amide bonds. The average Bonchev–Trinajstić information content (AvgIpc) is 2.62. The Morgan fingerprint density at radius 2 is 1.64 bits per heavy atom. The number of hydrogen-bond donors (Lipinski definition) is 0. The normalized spacial score (nSPS) is 21.7. The number of Topliss-reactive ketones (excluding diaryl/α,β-unsaturated/α-hetero) is 1. The van der Waals surface area contributed by atoms with Crippen LogP contribution >= 0.6 is 11.6 Å². The minimum atomic E-state index is -0.338. The summed E-state index contributed by atoms with van der Waals surface area (Å²) in [5.41, 5.74) is 2.72. The Balaban J connectivity index is 1.88. The molecule has 0 N–H and O–H groups in total. The van der Waals surface area contributed by atoms with E-state index in [1.54, 1.807) is 41.3 Å². The first-order chi connectivity index (χ1) is 13.2. The lowest BCUT2D eigenvalue weighted by molar-refractivity contribution is -0.121. The van der Waals surface area contributed by atoms with Crippen LogP contribution in [0.1, 0.15) is 44.6 Å². The minimum Gasteiger partial charge on any atom is -0.294 e. The zero-order valence-corrected chi connectivity index (χ0v) is 16.6. The Hall–Kier alpha value is -2.46. The average molecular weight is 398 g/mol. The lowest BCUT2D eigenvalue weighted by Crippen LogP contribution is -2.43. The van der Waals surface area contributed by atoms with Gasteiger partial charge < -0.3 is 0 Å². The zero-order valence-electron chi connectivity index (χ0n) is 15.8. The second-order valence-corrected chi connectivity index (χ2v) is 8.75. The van der Waals surface area contributed by atoms with Crippen LogP contribution < -0.4 is 4.90 Å². The standard InChI is InChI=1S/C23H21ClFNO2/c1-23(2)12-19-22(20(27)13-23)18(14-3-7-16(25)8-4-14)11-21(28)26(19)17-9-5-15(24)6-10-17/h3-10,18H,11-13H2,1-2H3. The van der Waals surface area contributed by atoms with Crippen LogP contribution in [0.15, 0.2) is 59.8 Å². The molecule has 2 aromatic rings. The fraction of sp³-hybridized carbons (Fsp3) is 0.304. The predicted molar refractivity (Wildman–Crippen MR) is 108 cm³/mol. The number of nitrogens with zero attached hydrogens (tertiary/aromatic N) is 1. The Morgan fingerprint density at radius 1 is 1.00 bits per heavy atom. The molecule has 1 atom stereocenters. The van der Waals surface area contributed by atoms with Crippen molar-refractivity contribution in [2.75, 3.05) is 4.90 Å². The van der Waals surface area contributed by atoms with Gasteiger partial charge in [-0.25, -0.2) is 4.39 Å². The number of carbonyl (C=O) groups is 2. The van der Waals surface area contributed by atoms with Crippen LogP contribution in [0.4, 0.5) is 10.1 Å². The molecule has 2 aliphatic rings. The third kappa shape index (κ3) is 3.37. The molecule has 1 aliphatic carbocycles. The van der Waals surface area contributed by atoms with E-state index >= 15 is 0 Å². The molecule has 0 saturated heterocycles. The summed E-state index contributed by atoms with van der Waals surface area (Å²) < 4.78 is 13.4. The molecule has 0 bridgehead atoms. The Labute approximate surface area is 168 Å². The molecule has 0 fully saturated rings. The van der Waals surface area contributed by atoms with Crippen LogP contribution in [-0.2, 0) is 9.59 Å². The van der Waals surface area contributed by atoms with Gasteiger partial charge >= 0.3 is 0 Å². The van der Waals surface area contributed by atoms with Gasteiger partial charge in [-0.2, -0.15) is 0 Å². The van der Waals surface area contributed by atoms with E-state index in [-0.39, 0.29) is 35.3 Å². The second kappa shape index (κ2) is 6.85. The van der Waals surface area contributed by atoms with Crippen molar-refractivity contribution in [1.82, 2.24) is 0 Å². The Bertz CT molecular complexity index is 977. The fourth-order valence-electron chi connectivity index (χ4n) is 4.28. The third-order valence-corrected chi connectivity index (χ3v) is 5.75. The molecular formula is C23H21ClFNO2. The topological polar surface area (TPSA) is 37.4 Å². The molecule has 0 spiro atoms. The SMILES string of the molecule is CC1(C)CC(=O)C2=C(C1)N(c1ccc(Cl)cc1)C(=O)CC2c1ccc(F)cc1. The summed E-state index contributed by atoms with van der Waals surface area (Å²) in [5.74, 6) is -0.679. The number of rotatable bonds is 2. The van der Waals surface area contributed by atoms with Gasteiger partial charge in [0.1, 0.15) is 5.82 Å². The number of allylic oxidation sites excluding steroid dienone is 2. The first kappa shape index (κ1) is 18.9. The molecule has 0 radical (unpaired) electrons. The van der Waals surface area contributed by atoms with Crippen LogP contribution in [0.2, 0.25) is 5.02 Å². The van der Waals surface area contributed by atoms with Gasteiger partial charge in [0.2, 0.25) is 5.91 Å². The van der Waals surface area contributed by atoms with Crippen LogP contribution in [0, 0.1) is 11.2 Å². The highest BCUT2D eigenvalue weighted by molar-refractivity contribution is 6.30. The van der Waals surface area contributed by atoms with E-state index in [0.717, 1.165) is 11.3 Å². The van der Waals surface area contributed by atoms with E-state index in [4.69, 9.17) is 11.6 Å². The monoisotopic (exact) mass is 397 g/mol. The molecule has 1 unspecified atom stereocenters. The minimum absolute atomic E-state index is 0.0621. The molecule has 5 heteroatoms. The summed E-state index contributed by atoms with van der Waals surface area (Å²) in [4.78, 5) is 28.0. The molecule has 3 nitrogen and oxygen atoms in total. The number of ketones is 1. The first-order valence-corrected chi connectivity index (χ1v) is 9.73. The van der Waals surface area contributed by atoms with Gasteiger partial charge in [-0.3, -0.25) is 14.5 Å². The smallest absolute Gasteiger partial charge is 0.232 e. The summed E-state index contributed by atoms with van der Waals surface area (Å²) in [5, 5.41) is 0.589. The van der Waals surface area contributed by atoms with E-state index in [0.29, 0.717) is 29.1 Å². The molecule has 144 valence electrons. The van der Waals surface area contributed by atoms with Crippen molar-refractivity contribution in [1.29, 1.82) is 0 Å². The number of hydrogen-bond acceptors (Lipinski definition) is 2. The Kier molecular flexibility index (Phi) is 4.62. The number of halogens is 2. The van der Waals surface area contributed by atoms with Gasteiger partial charge in [-0.05, 0) is 53.8 Å². The second-order valence-electron chi connectivity index (χ2n) is 8.32. The van der Waals surface area contributed by atoms with Crippen LogP contribution in [0.25, 0.3) is 0 Å². The largest absolute Gasteiger partial charge is 0.294 e. The van der Waals surface area contributed by atoms with Crippen LogP contribution in [-0.4, -0.2) is 11.7 Å². The fourth-order valence-corrected chi connectivity index (χ4v) is 4.41. The summed E-state index contributed by atoms with van der Waals surface area (Å²) in [7, 11) is 0. The van der Waals surface area contributed by atoms with Crippen LogP contribution in [0.3, 0.4) is 0 Å². The van der Waals surface area contributed by atoms with Gasteiger partial charge in [-0.1, -0.05) is 37.6 Å². The van der Waals surface area contributed by atoms with Gasteiger partial charge in [0, 0.05) is 40.7 Å².